The standard InChI is InChI=1S/C53H73BrF2N8O16/c1-53(2,3)49(42-27-35(37-28-36(55)9-10-38(37)56)32-63(42)31-34-7-5-4-6-8-34)64(47(70)33-65)18-14-39(50(73)59-16-13-44(67)60-40(52(75)76)11-12-48(71)72)62-51(74)41(29-43(57)66)61-45(68)15-19-77-21-23-79-25-26-80-24-22-78-20-17-58-46(69)30-54/h4-10,27-28,32,39-41,49,65H,11-26,29-31,33H2,1-3H3,(H2,57,66)(H,58,69)(H,59,73)(H,60,67)(H,61,68)(H,62,74)(H,71,72)(H,75,76)/t39-,40+,41-,49-/m0/s1. The van der Waals surface area contributed by atoms with Crippen LogP contribution in [0.15, 0.2) is 60.8 Å². The number of primary amides is 1. The molecule has 442 valence electrons. The average molecular weight is 1200 g/mol. The molecule has 80 heavy (non-hydrogen) atoms. The van der Waals surface area contributed by atoms with Gasteiger partial charge in [0.25, 0.3) is 0 Å². The van der Waals surface area contributed by atoms with Crippen LogP contribution < -0.4 is 32.3 Å². The first-order valence-electron chi connectivity index (χ1n) is 25.7. The topological polar surface area (TPSA) is 346 Å². The molecule has 3 rings (SSSR count). The first-order chi connectivity index (χ1) is 38.0. The fraction of sp³-hybridized carbons (Fsp3) is 0.528. The maximum absolute atomic E-state index is 15.4. The Bertz CT molecular complexity index is 2520. The number of nitrogens with zero attached hydrogens (tertiary/aromatic N) is 2. The van der Waals surface area contributed by atoms with Gasteiger partial charge in [0.1, 0.15) is 36.4 Å². The monoisotopic (exact) mass is 1190 g/mol. The lowest BCUT2D eigenvalue weighted by atomic mass is 9.82. The maximum Gasteiger partial charge on any atom is 0.326 e. The number of ether oxygens (including phenoxy) is 4. The molecule has 0 bridgehead atoms. The van der Waals surface area contributed by atoms with Crippen molar-refractivity contribution in [3.63, 3.8) is 0 Å². The van der Waals surface area contributed by atoms with E-state index in [4.69, 9.17) is 29.8 Å². The summed E-state index contributed by atoms with van der Waals surface area (Å²) in [6, 6.07) is 7.88. The lowest BCUT2D eigenvalue weighted by Crippen LogP contribution is -2.56. The van der Waals surface area contributed by atoms with Crippen LogP contribution in [-0.4, -0.2) is 181 Å². The summed E-state index contributed by atoms with van der Waals surface area (Å²) in [6.07, 6.45) is -1.35. The van der Waals surface area contributed by atoms with Gasteiger partial charge < -0.3 is 76.1 Å². The van der Waals surface area contributed by atoms with Crippen LogP contribution in [0.1, 0.15) is 76.6 Å². The molecule has 1 aromatic heterocycles. The molecular weight excluding hydrogens is 1120 g/mol. The van der Waals surface area contributed by atoms with E-state index in [1.54, 1.807) is 37.6 Å². The fourth-order valence-electron chi connectivity index (χ4n) is 8.04. The van der Waals surface area contributed by atoms with Crippen LogP contribution in [0.25, 0.3) is 11.1 Å². The van der Waals surface area contributed by atoms with E-state index in [0.717, 1.165) is 23.8 Å². The van der Waals surface area contributed by atoms with E-state index in [2.05, 4.69) is 42.5 Å². The molecule has 1 heterocycles. The fourth-order valence-corrected chi connectivity index (χ4v) is 8.24. The van der Waals surface area contributed by atoms with Gasteiger partial charge in [0.2, 0.25) is 41.4 Å². The minimum absolute atomic E-state index is 0.0724. The quantitative estimate of drug-likeness (QED) is 0.0289. The molecule has 24 nitrogen and oxygen atoms in total. The van der Waals surface area contributed by atoms with Gasteiger partial charge in [-0.2, -0.15) is 0 Å². The Hall–Kier alpha value is -6.91. The number of hydrogen-bond acceptors (Lipinski definition) is 14. The van der Waals surface area contributed by atoms with E-state index in [1.165, 1.54) is 4.90 Å². The normalized spacial score (nSPS) is 12.8. The van der Waals surface area contributed by atoms with Crippen molar-refractivity contribution >= 4 is 69.2 Å². The Labute approximate surface area is 470 Å². The van der Waals surface area contributed by atoms with Crippen LogP contribution in [0, 0.1) is 17.0 Å². The number of aliphatic hydroxyl groups is 1. The Balaban J connectivity index is 1.83. The van der Waals surface area contributed by atoms with Crippen LogP contribution in [0.2, 0.25) is 0 Å². The van der Waals surface area contributed by atoms with Crippen molar-refractivity contribution in [1.82, 2.24) is 36.1 Å². The first kappa shape index (κ1) is 67.4. The molecule has 0 saturated carbocycles. The van der Waals surface area contributed by atoms with E-state index in [0.29, 0.717) is 32.1 Å². The molecule has 0 spiro atoms. The number of hydrogen-bond donors (Lipinski definition) is 9. The highest BCUT2D eigenvalue weighted by atomic mass is 79.9. The third-order valence-corrected chi connectivity index (χ3v) is 12.3. The number of carbonyl (C=O) groups excluding carboxylic acids is 7. The molecule has 0 fully saturated rings. The van der Waals surface area contributed by atoms with Gasteiger partial charge in [0, 0.05) is 68.5 Å². The van der Waals surface area contributed by atoms with E-state index in [9.17, 15) is 57.8 Å². The molecule has 27 heteroatoms. The summed E-state index contributed by atoms with van der Waals surface area (Å²) in [5.74, 6) is -9.84. The molecule has 0 aliphatic rings. The highest BCUT2D eigenvalue weighted by Crippen LogP contribution is 2.41. The van der Waals surface area contributed by atoms with Crippen molar-refractivity contribution in [1.29, 1.82) is 0 Å². The maximum atomic E-state index is 15.4. The minimum atomic E-state index is -1.64. The molecule has 3 aromatic rings. The van der Waals surface area contributed by atoms with Gasteiger partial charge in [-0.05, 0) is 48.1 Å². The summed E-state index contributed by atoms with van der Waals surface area (Å²) in [4.78, 5) is 116. The summed E-state index contributed by atoms with van der Waals surface area (Å²) in [7, 11) is 0. The van der Waals surface area contributed by atoms with Gasteiger partial charge >= 0.3 is 11.9 Å². The molecule has 0 saturated heterocycles. The van der Waals surface area contributed by atoms with E-state index in [1.807, 2.05) is 30.3 Å². The number of benzene rings is 2. The zero-order valence-electron chi connectivity index (χ0n) is 45.0. The number of aromatic nitrogens is 1. The van der Waals surface area contributed by atoms with Crippen molar-refractivity contribution in [2.45, 2.75) is 90.0 Å². The van der Waals surface area contributed by atoms with E-state index in [-0.39, 0.29) is 74.9 Å². The zero-order chi connectivity index (χ0) is 59.2. The number of carboxylic acid groups (broad SMARTS) is 2. The summed E-state index contributed by atoms with van der Waals surface area (Å²) in [5.41, 5.74) is 5.98. The minimum Gasteiger partial charge on any atom is -0.481 e. The average Bonchev–Trinajstić information content (AvgIpc) is 3.81. The summed E-state index contributed by atoms with van der Waals surface area (Å²) in [5, 5.41) is 41.4. The van der Waals surface area contributed by atoms with Gasteiger partial charge in [-0.15, -0.1) is 0 Å². The van der Waals surface area contributed by atoms with Crippen molar-refractivity contribution in [2.24, 2.45) is 11.1 Å². The number of amides is 7. The lowest BCUT2D eigenvalue weighted by Gasteiger charge is -2.41. The van der Waals surface area contributed by atoms with Crippen molar-refractivity contribution in [2.75, 3.05) is 84.4 Å². The number of carbonyl (C=O) groups is 9. The smallest absolute Gasteiger partial charge is 0.326 e. The number of carboxylic acids is 2. The van der Waals surface area contributed by atoms with E-state index >= 15 is 4.39 Å². The van der Waals surface area contributed by atoms with Crippen LogP contribution in [0.4, 0.5) is 8.78 Å². The second kappa shape index (κ2) is 35.7. The van der Waals surface area contributed by atoms with Gasteiger partial charge in [0.15, 0.2) is 0 Å². The Kier molecular flexibility index (Phi) is 30.0. The zero-order valence-corrected chi connectivity index (χ0v) is 46.6. The number of rotatable bonds is 39. The molecule has 0 radical (unpaired) electrons. The van der Waals surface area contributed by atoms with Crippen LogP contribution in [0.3, 0.4) is 0 Å². The number of aliphatic hydroxyl groups excluding tert-OH is 1. The van der Waals surface area contributed by atoms with Gasteiger partial charge in [-0.1, -0.05) is 67.0 Å². The third kappa shape index (κ3) is 25.0. The number of nitrogens with one attached hydrogen (secondary N) is 5. The summed E-state index contributed by atoms with van der Waals surface area (Å²) >= 11 is 3.05. The molecule has 2 aromatic carbocycles. The molecule has 4 atom stereocenters. The SMILES string of the molecule is CC(C)(C)[C@H](c1cc(-c2cc(F)ccc2F)cn1Cc1ccccc1)N(CC[C@H](NC(=O)[C@H](CC(N)=O)NC(=O)CCOCCOCCOCCOCCNC(=O)CBr)C(=O)NCCC(=O)N[C@H](CCC(=O)O)C(=O)O)C(=O)CO. The van der Waals surface area contributed by atoms with Crippen molar-refractivity contribution in [3.8, 4) is 11.1 Å². The molecule has 10 N–H and O–H groups in total. The summed E-state index contributed by atoms with van der Waals surface area (Å²) in [6.45, 7) is 5.64. The van der Waals surface area contributed by atoms with Crippen LogP contribution >= 0.6 is 15.9 Å². The highest BCUT2D eigenvalue weighted by molar-refractivity contribution is 9.09. The Morgan fingerprint density at radius 2 is 1.31 bits per heavy atom. The van der Waals surface area contributed by atoms with Gasteiger partial charge in [-0.25, -0.2) is 13.6 Å². The second-order valence-corrected chi connectivity index (χ2v) is 19.7. The second-order valence-electron chi connectivity index (χ2n) is 19.2. The Morgan fingerprint density at radius 1 is 0.700 bits per heavy atom. The first-order valence-corrected chi connectivity index (χ1v) is 26.8. The Morgan fingerprint density at radius 3 is 1.90 bits per heavy atom. The van der Waals surface area contributed by atoms with E-state index < -0.39 is 134 Å². The summed E-state index contributed by atoms with van der Waals surface area (Å²) < 4.78 is 53.4. The number of aliphatic carboxylic acids is 2. The molecule has 0 unspecified atom stereocenters. The number of halogens is 3. The number of alkyl halides is 1. The van der Waals surface area contributed by atoms with Gasteiger partial charge in [-0.3, -0.25) is 38.4 Å². The van der Waals surface area contributed by atoms with Crippen molar-refractivity contribution < 1.29 is 86.2 Å². The molecule has 7 amide bonds. The largest absolute Gasteiger partial charge is 0.481 e. The predicted octanol–water partition coefficient (Wildman–Crippen LogP) is 1.53. The predicted molar refractivity (Wildman–Crippen MR) is 287 cm³/mol. The lowest BCUT2D eigenvalue weighted by molar-refractivity contribution is -0.143. The van der Waals surface area contributed by atoms with Gasteiger partial charge in [0.05, 0.1) is 70.6 Å². The van der Waals surface area contributed by atoms with Crippen LogP contribution in [-0.2, 0) is 68.6 Å². The third-order valence-electron chi connectivity index (χ3n) is 11.8. The van der Waals surface area contributed by atoms with Crippen LogP contribution in [0.5, 0.6) is 0 Å². The number of nitrogens with two attached hydrogens (primary N) is 1. The molecule has 0 aliphatic carbocycles. The molecular formula is C53H73BrF2N8O16. The highest BCUT2D eigenvalue weighted by Gasteiger charge is 2.38. The molecule has 0 aliphatic heterocycles. The van der Waals surface area contributed by atoms with Crippen molar-refractivity contribution in [3.05, 3.63) is 83.7 Å².